The molecule has 0 atom stereocenters. The molecular weight excluding hydrogens is 520 g/mol. The summed E-state index contributed by atoms with van der Waals surface area (Å²) in [5.41, 5.74) is 7.36. The van der Waals surface area contributed by atoms with Crippen molar-refractivity contribution in [2.75, 3.05) is 26.2 Å². The topological polar surface area (TPSA) is 57.9 Å². The number of fused-ring (bicyclic) bond motifs is 1. The molecular formula is C33H29ClN4O2. The highest BCUT2D eigenvalue weighted by Gasteiger charge is 2.25. The normalized spacial score (nSPS) is 14.0. The third-order valence-corrected chi connectivity index (χ3v) is 7.86. The van der Waals surface area contributed by atoms with Crippen LogP contribution in [0.15, 0.2) is 97.2 Å². The van der Waals surface area contributed by atoms with Gasteiger partial charge in [-0.1, -0.05) is 78.3 Å². The van der Waals surface area contributed by atoms with Gasteiger partial charge in [-0.05, 0) is 42.3 Å². The van der Waals surface area contributed by atoms with E-state index >= 15 is 0 Å². The van der Waals surface area contributed by atoms with E-state index in [0.717, 1.165) is 46.8 Å². The van der Waals surface area contributed by atoms with Gasteiger partial charge in [-0.15, -0.1) is 0 Å². The number of nitrogens with zero attached hydrogens (tertiary/aromatic N) is 4. The number of hydrogen-bond acceptors (Lipinski definition) is 4. The number of pyridine rings is 1. The van der Waals surface area contributed by atoms with Gasteiger partial charge in [-0.25, -0.2) is 4.98 Å². The SMILES string of the molecule is CC(=O)c1ccc(-c2ccc3nc(-c4ccccc4)c(CN4CCN(C(=O)c5ccccc5Cl)CC4)n3c2)cc1. The Morgan fingerprint density at radius 1 is 0.775 bits per heavy atom. The molecule has 0 bridgehead atoms. The number of imidazole rings is 1. The lowest BCUT2D eigenvalue weighted by Crippen LogP contribution is -2.48. The minimum Gasteiger partial charge on any atom is -0.336 e. The van der Waals surface area contributed by atoms with Crippen LogP contribution < -0.4 is 0 Å². The molecule has 1 fully saturated rings. The van der Waals surface area contributed by atoms with E-state index in [2.05, 4.69) is 33.7 Å². The summed E-state index contributed by atoms with van der Waals surface area (Å²) in [6.07, 6.45) is 2.13. The maximum Gasteiger partial charge on any atom is 0.255 e. The largest absolute Gasteiger partial charge is 0.336 e. The second-order valence-corrected chi connectivity index (χ2v) is 10.5. The smallest absolute Gasteiger partial charge is 0.255 e. The van der Waals surface area contributed by atoms with E-state index in [9.17, 15) is 9.59 Å². The molecule has 40 heavy (non-hydrogen) atoms. The van der Waals surface area contributed by atoms with Crippen molar-refractivity contribution < 1.29 is 9.59 Å². The quantitative estimate of drug-likeness (QED) is 0.228. The second kappa shape index (κ2) is 11.1. The maximum atomic E-state index is 13.1. The molecule has 2 aromatic heterocycles. The number of aromatic nitrogens is 2. The van der Waals surface area contributed by atoms with E-state index in [-0.39, 0.29) is 11.7 Å². The van der Waals surface area contributed by atoms with Crippen molar-refractivity contribution in [3.63, 3.8) is 0 Å². The average Bonchev–Trinajstić information content (AvgIpc) is 3.35. The highest BCUT2D eigenvalue weighted by molar-refractivity contribution is 6.33. The number of benzene rings is 3. The fourth-order valence-electron chi connectivity index (χ4n) is 5.27. The lowest BCUT2D eigenvalue weighted by atomic mass is 10.0. The third kappa shape index (κ3) is 5.16. The first kappa shape index (κ1) is 26.0. The van der Waals surface area contributed by atoms with Gasteiger partial charge in [0.15, 0.2) is 5.78 Å². The summed E-state index contributed by atoms with van der Waals surface area (Å²) in [7, 11) is 0. The summed E-state index contributed by atoms with van der Waals surface area (Å²) in [6, 6.07) is 29.3. The van der Waals surface area contributed by atoms with Gasteiger partial charge >= 0.3 is 0 Å². The Bertz CT molecular complexity index is 1690. The van der Waals surface area contributed by atoms with Gasteiger partial charge in [0, 0.05) is 50.0 Å². The molecule has 7 heteroatoms. The molecule has 1 aliphatic heterocycles. The number of hydrogen-bond donors (Lipinski definition) is 0. The first-order chi connectivity index (χ1) is 19.5. The molecule has 200 valence electrons. The van der Waals surface area contributed by atoms with Crippen molar-refractivity contribution in [3.05, 3.63) is 119 Å². The predicted octanol–water partition coefficient (Wildman–Crippen LogP) is 6.48. The number of amides is 1. The van der Waals surface area contributed by atoms with Crippen LogP contribution in [-0.2, 0) is 6.54 Å². The summed E-state index contributed by atoms with van der Waals surface area (Å²) in [6.45, 7) is 5.06. The number of rotatable bonds is 6. The van der Waals surface area contributed by atoms with E-state index in [1.807, 2.05) is 65.6 Å². The molecule has 1 saturated heterocycles. The fraction of sp³-hybridized carbons (Fsp3) is 0.182. The lowest BCUT2D eigenvalue weighted by Gasteiger charge is -2.35. The van der Waals surface area contributed by atoms with Crippen molar-refractivity contribution in [1.29, 1.82) is 0 Å². The van der Waals surface area contributed by atoms with Crippen molar-refractivity contribution in [1.82, 2.24) is 19.2 Å². The van der Waals surface area contributed by atoms with E-state index in [1.54, 1.807) is 19.1 Å². The fourth-order valence-corrected chi connectivity index (χ4v) is 5.48. The van der Waals surface area contributed by atoms with Gasteiger partial charge in [-0.2, -0.15) is 0 Å². The van der Waals surface area contributed by atoms with Crippen LogP contribution in [0.25, 0.3) is 28.0 Å². The maximum absolute atomic E-state index is 13.1. The van der Waals surface area contributed by atoms with Gasteiger partial charge in [-0.3, -0.25) is 14.5 Å². The van der Waals surface area contributed by atoms with E-state index in [0.29, 0.717) is 35.8 Å². The van der Waals surface area contributed by atoms with Crippen molar-refractivity contribution in [2.24, 2.45) is 0 Å². The van der Waals surface area contributed by atoms with E-state index in [1.165, 1.54) is 0 Å². The van der Waals surface area contributed by atoms with Crippen LogP contribution in [0.1, 0.15) is 33.3 Å². The summed E-state index contributed by atoms with van der Waals surface area (Å²) < 4.78 is 2.18. The summed E-state index contributed by atoms with van der Waals surface area (Å²) in [4.78, 5) is 34.1. The molecule has 0 radical (unpaired) electrons. The highest BCUT2D eigenvalue weighted by Crippen LogP contribution is 2.29. The summed E-state index contributed by atoms with van der Waals surface area (Å²) >= 11 is 6.29. The Morgan fingerprint density at radius 3 is 2.15 bits per heavy atom. The zero-order chi connectivity index (χ0) is 27.6. The van der Waals surface area contributed by atoms with Crippen molar-refractivity contribution >= 4 is 28.9 Å². The number of carbonyl (C=O) groups is 2. The van der Waals surface area contributed by atoms with E-state index in [4.69, 9.17) is 16.6 Å². The molecule has 6 nitrogen and oxygen atoms in total. The van der Waals surface area contributed by atoms with Crippen LogP contribution in [0.3, 0.4) is 0 Å². The van der Waals surface area contributed by atoms with Crippen LogP contribution in [0.5, 0.6) is 0 Å². The summed E-state index contributed by atoms with van der Waals surface area (Å²) in [5.74, 6) is 0.0329. The Morgan fingerprint density at radius 2 is 1.45 bits per heavy atom. The molecule has 0 aliphatic carbocycles. The predicted molar refractivity (Wildman–Crippen MR) is 159 cm³/mol. The molecule has 0 spiro atoms. The monoisotopic (exact) mass is 548 g/mol. The minimum atomic E-state index is -0.0227. The molecule has 0 N–H and O–H groups in total. The van der Waals surface area contributed by atoms with Crippen LogP contribution in [0, 0.1) is 0 Å². The number of carbonyl (C=O) groups excluding carboxylic acids is 2. The van der Waals surface area contributed by atoms with Crippen LogP contribution in [0.2, 0.25) is 5.02 Å². The number of ketones is 1. The molecule has 0 unspecified atom stereocenters. The number of piperazine rings is 1. The van der Waals surface area contributed by atoms with Gasteiger partial charge in [0.05, 0.1) is 22.0 Å². The summed E-state index contributed by atoms with van der Waals surface area (Å²) in [5, 5.41) is 0.486. The van der Waals surface area contributed by atoms with Crippen LogP contribution in [-0.4, -0.2) is 57.1 Å². The first-order valence-electron chi connectivity index (χ1n) is 13.4. The molecule has 1 aliphatic rings. The average molecular weight is 549 g/mol. The van der Waals surface area contributed by atoms with Crippen molar-refractivity contribution in [3.8, 4) is 22.4 Å². The Balaban J connectivity index is 1.29. The Labute approximate surface area is 238 Å². The second-order valence-electron chi connectivity index (χ2n) is 10.1. The van der Waals surface area contributed by atoms with E-state index < -0.39 is 0 Å². The highest BCUT2D eigenvalue weighted by atomic mass is 35.5. The van der Waals surface area contributed by atoms with Crippen LogP contribution in [0.4, 0.5) is 0 Å². The first-order valence-corrected chi connectivity index (χ1v) is 13.8. The van der Waals surface area contributed by atoms with Gasteiger partial charge in [0.25, 0.3) is 5.91 Å². The standard InChI is InChI=1S/C33H29ClN4O2/c1-23(39)24-11-13-25(14-12-24)27-15-16-31-35-32(26-7-3-2-4-8-26)30(38(31)21-27)22-36-17-19-37(20-18-36)33(40)28-9-5-6-10-29(28)34/h2-16,21H,17-20,22H2,1H3. The zero-order valence-corrected chi connectivity index (χ0v) is 23.0. The van der Waals surface area contributed by atoms with Gasteiger partial charge in [0.1, 0.15) is 5.65 Å². The Hall–Kier alpha value is -4.26. The minimum absolute atomic E-state index is 0.0227. The van der Waals surface area contributed by atoms with Gasteiger partial charge < -0.3 is 9.30 Å². The molecule has 3 aromatic carbocycles. The molecule has 6 rings (SSSR count). The van der Waals surface area contributed by atoms with Gasteiger partial charge in [0.2, 0.25) is 0 Å². The molecule has 1 amide bonds. The molecule has 0 saturated carbocycles. The zero-order valence-electron chi connectivity index (χ0n) is 22.3. The molecule has 3 heterocycles. The number of halogens is 1. The van der Waals surface area contributed by atoms with Crippen molar-refractivity contribution in [2.45, 2.75) is 13.5 Å². The Kier molecular flexibility index (Phi) is 7.20. The number of Topliss-reactive ketones (excluding diaryl/α,β-unsaturated/α-hetero) is 1. The van der Waals surface area contributed by atoms with Crippen LogP contribution >= 0.6 is 11.6 Å². The third-order valence-electron chi connectivity index (χ3n) is 7.53. The lowest BCUT2D eigenvalue weighted by molar-refractivity contribution is 0.0627. The molecule has 5 aromatic rings.